The van der Waals surface area contributed by atoms with Gasteiger partial charge < -0.3 is 9.84 Å². The van der Waals surface area contributed by atoms with Crippen molar-refractivity contribution in [3.05, 3.63) is 28.2 Å². The predicted molar refractivity (Wildman–Crippen MR) is 118 cm³/mol. The minimum absolute atomic E-state index is 0.161. The summed E-state index contributed by atoms with van der Waals surface area (Å²) in [6, 6.07) is 4.01. The van der Waals surface area contributed by atoms with Gasteiger partial charge >= 0.3 is 0 Å². The van der Waals surface area contributed by atoms with Gasteiger partial charge in [-0.15, -0.1) is 11.8 Å². The first-order valence-corrected chi connectivity index (χ1v) is 12.0. The third kappa shape index (κ3) is 4.50. The van der Waals surface area contributed by atoms with Crippen molar-refractivity contribution in [1.29, 1.82) is 0 Å². The van der Waals surface area contributed by atoms with Crippen LogP contribution in [0.25, 0.3) is 5.57 Å². The lowest BCUT2D eigenvalue weighted by atomic mass is 9.82. The van der Waals surface area contributed by atoms with Gasteiger partial charge in [0.15, 0.2) is 0 Å². The topological polar surface area (TPSA) is 29.5 Å². The number of unbranched alkanes of at least 4 members (excludes halogenated alkanes) is 6. The average molecular weight is 389 g/mol. The van der Waals surface area contributed by atoms with Crippen LogP contribution in [0, 0.1) is 6.92 Å². The molecule has 0 bridgehead atoms. The molecule has 1 aromatic rings. The number of fused-ring (bicyclic) bond motifs is 2. The maximum Gasteiger partial charge on any atom is 0.140 e. The van der Waals surface area contributed by atoms with Crippen molar-refractivity contribution < 1.29 is 9.84 Å². The first-order valence-electron chi connectivity index (χ1n) is 11.0. The van der Waals surface area contributed by atoms with Crippen molar-refractivity contribution in [2.75, 3.05) is 5.75 Å². The molecule has 0 saturated heterocycles. The van der Waals surface area contributed by atoms with Gasteiger partial charge in [0.05, 0.1) is 5.56 Å². The number of aryl methyl sites for hydroxylation is 1. The summed E-state index contributed by atoms with van der Waals surface area (Å²) in [5, 5.41) is 10.6. The molecular weight excluding hydrogens is 352 g/mol. The number of aromatic hydroxyl groups is 1. The molecule has 2 aliphatic rings. The summed E-state index contributed by atoms with van der Waals surface area (Å²) in [4.78, 5) is 1.43. The maximum absolute atomic E-state index is 10.6. The van der Waals surface area contributed by atoms with Gasteiger partial charge in [-0.25, -0.2) is 0 Å². The Labute approximate surface area is 169 Å². The standard InChI is InChI=1S/C24H36O2S/c1-4-6-8-10-13-24(14-11-9-7-5-2)23-19(12-15-27-23)22-20(25)16-18(3)17-21(22)26-24/h16-17,25H,4-15H2,1-3H3. The third-order valence-electron chi connectivity index (χ3n) is 5.99. The minimum atomic E-state index is -0.161. The highest BCUT2D eigenvalue weighted by molar-refractivity contribution is 8.03. The van der Waals surface area contributed by atoms with E-state index in [2.05, 4.69) is 19.9 Å². The van der Waals surface area contributed by atoms with Crippen LogP contribution < -0.4 is 4.74 Å². The molecule has 2 aliphatic heterocycles. The van der Waals surface area contributed by atoms with Crippen molar-refractivity contribution in [3.63, 3.8) is 0 Å². The van der Waals surface area contributed by atoms with E-state index in [-0.39, 0.29) is 5.60 Å². The summed E-state index contributed by atoms with van der Waals surface area (Å²) in [6.45, 7) is 6.58. The zero-order valence-corrected chi connectivity index (χ0v) is 18.2. The van der Waals surface area contributed by atoms with Crippen LogP contribution in [-0.2, 0) is 0 Å². The zero-order chi connectivity index (χ0) is 19.3. The van der Waals surface area contributed by atoms with Gasteiger partial charge in [-0.3, -0.25) is 0 Å². The Bertz CT molecular complexity index is 665. The molecule has 1 N–H and O–H groups in total. The van der Waals surface area contributed by atoms with Crippen molar-refractivity contribution in [3.8, 4) is 11.5 Å². The van der Waals surface area contributed by atoms with Crippen LogP contribution in [0.1, 0.15) is 95.6 Å². The van der Waals surface area contributed by atoms with Crippen LogP contribution in [0.15, 0.2) is 17.0 Å². The molecule has 1 aromatic carbocycles. The fraction of sp³-hybridized carbons (Fsp3) is 0.667. The Hall–Kier alpha value is -1.09. The summed E-state index contributed by atoms with van der Waals surface area (Å²) in [5.74, 6) is 2.43. The van der Waals surface area contributed by atoms with E-state index in [1.807, 2.05) is 24.8 Å². The van der Waals surface area contributed by atoms with Crippen LogP contribution in [0.3, 0.4) is 0 Å². The molecule has 150 valence electrons. The van der Waals surface area contributed by atoms with E-state index in [0.717, 1.165) is 41.9 Å². The highest BCUT2D eigenvalue weighted by atomic mass is 32.2. The van der Waals surface area contributed by atoms with E-state index in [1.165, 1.54) is 61.8 Å². The van der Waals surface area contributed by atoms with Crippen molar-refractivity contribution >= 4 is 17.3 Å². The molecule has 0 unspecified atom stereocenters. The fourth-order valence-corrected chi connectivity index (χ4v) is 6.00. The average Bonchev–Trinajstić information content (AvgIpc) is 3.12. The van der Waals surface area contributed by atoms with E-state index in [0.29, 0.717) is 5.75 Å². The van der Waals surface area contributed by atoms with Crippen molar-refractivity contribution in [2.45, 2.75) is 97.0 Å². The lowest BCUT2D eigenvalue weighted by Crippen LogP contribution is -2.39. The Morgan fingerprint density at radius 2 is 1.67 bits per heavy atom. The molecule has 3 rings (SSSR count). The van der Waals surface area contributed by atoms with Crippen LogP contribution in [0.4, 0.5) is 0 Å². The molecule has 0 fully saturated rings. The van der Waals surface area contributed by atoms with Crippen molar-refractivity contribution in [2.24, 2.45) is 0 Å². The lowest BCUT2D eigenvalue weighted by molar-refractivity contribution is 0.0860. The second-order valence-electron chi connectivity index (χ2n) is 8.28. The Balaban J connectivity index is 1.92. The number of hydrogen-bond acceptors (Lipinski definition) is 3. The van der Waals surface area contributed by atoms with Gasteiger partial charge in [0, 0.05) is 10.7 Å². The largest absolute Gasteiger partial charge is 0.507 e. The molecule has 27 heavy (non-hydrogen) atoms. The summed E-state index contributed by atoms with van der Waals surface area (Å²) >= 11 is 1.98. The van der Waals surface area contributed by atoms with Gasteiger partial charge in [0.2, 0.25) is 0 Å². The molecule has 0 saturated carbocycles. The normalized spacial score (nSPS) is 17.6. The van der Waals surface area contributed by atoms with E-state index >= 15 is 0 Å². The Morgan fingerprint density at radius 3 is 2.30 bits per heavy atom. The zero-order valence-electron chi connectivity index (χ0n) is 17.4. The molecule has 3 heteroatoms. The number of phenolic OH excluding ortho intramolecular Hbond substituents is 1. The molecule has 0 radical (unpaired) electrons. The number of allylic oxidation sites excluding steroid dienone is 1. The van der Waals surface area contributed by atoms with Gasteiger partial charge in [-0.2, -0.15) is 0 Å². The quantitative estimate of drug-likeness (QED) is 0.418. The van der Waals surface area contributed by atoms with Gasteiger partial charge in [0.1, 0.15) is 17.1 Å². The number of rotatable bonds is 10. The number of phenols is 1. The molecule has 0 aromatic heterocycles. The maximum atomic E-state index is 10.6. The molecule has 2 nitrogen and oxygen atoms in total. The highest BCUT2D eigenvalue weighted by Crippen LogP contribution is 2.56. The van der Waals surface area contributed by atoms with Crippen molar-refractivity contribution in [1.82, 2.24) is 0 Å². The second-order valence-corrected chi connectivity index (χ2v) is 9.39. The van der Waals surface area contributed by atoms with Gasteiger partial charge in [-0.05, 0) is 62.3 Å². The number of ether oxygens (including phenoxy) is 1. The predicted octanol–water partition coefficient (Wildman–Crippen LogP) is 7.62. The van der Waals surface area contributed by atoms with Crippen LogP contribution >= 0.6 is 11.8 Å². The first kappa shape index (κ1) is 20.6. The molecular formula is C24H36O2S. The summed E-state index contributed by atoms with van der Waals surface area (Å²) in [7, 11) is 0. The first-order chi connectivity index (χ1) is 13.1. The molecule has 2 heterocycles. The lowest BCUT2D eigenvalue weighted by Gasteiger charge is -2.41. The molecule has 0 atom stereocenters. The van der Waals surface area contributed by atoms with E-state index in [1.54, 1.807) is 0 Å². The molecule has 0 aliphatic carbocycles. The smallest absolute Gasteiger partial charge is 0.140 e. The summed E-state index contributed by atoms with van der Waals surface area (Å²) in [6.07, 6.45) is 13.5. The van der Waals surface area contributed by atoms with Gasteiger partial charge in [0.25, 0.3) is 0 Å². The summed E-state index contributed by atoms with van der Waals surface area (Å²) in [5.41, 5.74) is 3.25. The van der Waals surface area contributed by atoms with Crippen LogP contribution in [-0.4, -0.2) is 16.5 Å². The van der Waals surface area contributed by atoms with E-state index in [4.69, 9.17) is 4.74 Å². The number of benzene rings is 1. The SMILES string of the molecule is CCCCCCC1(CCCCCC)Oc2cc(C)cc(O)c2C2=C1SCC2. The number of thioether (sulfide) groups is 1. The van der Waals surface area contributed by atoms with Crippen LogP contribution in [0.2, 0.25) is 0 Å². The number of hydrogen-bond donors (Lipinski definition) is 1. The molecule has 0 amide bonds. The monoisotopic (exact) mass is 388 g/mol. The minimum Gasteiger partial charge on any atom is -0.507 e. The Morgan fingerprint density at radius 1 is 1.00 bits per heavy atom. The van der Waals surface area contributed by atoms with E-state index in [9.17, 15) is 5.11 Å². The van der Waals surface area contributed by atoms with Gasteiger partial charge in [-0.1, -0.05) is 52.4 Å². The van der Waals surface area contributed by atoms with E-state index < -0.39 is 0 Å². The highest BCUT2D eigenvalue weighted by Gasteiger charge is 2.44. The fourth-order valence-electron chi connectivity index (χ4n) is 4.60. The van der Waals surface area contributed by atoms with Crippen LogP contribution in [0.5, 0.6) is 11.5 Å². The Kier molecular flexibility index (Phi) is 7.19. The molecule has 0 spiro atoms. The third-order valence-corrected chi connectivity index (χ3v) is 7.30. The second kappa shape index (κ2) is 9.41. The summed E-state index contributed by atoms with van der Waals surface area (Å²) < 4.78 is 6.82.